The Morgan fingerprint density at radius 3 is 2.48 bits per heavy atom. The fourth-order valence-corrected chi connectivity index (χ4v) is 3.57. The van der Waals surface area contributed by atoms with E-state index in [0.717, 1.165) is 21.2 Å². The molecule has 2 amide bonds. The lowest BCUT2D eigenvalue weighted by atomic mass is 10.1. The van der Waals surface area contributed by atoms with Crippen molar-refractivity contribution in [3.8, 4) is 11.3 Å². The fraction of sp³-hybridized carbons (Fsp3) is 0.125. The second-order valence-electron chi connectivity index (χ2n) is 7.12. The van der Waals surface area contributed by atoms with Crippen LogP contribution >= 0.6 is 15.9 Å². The van der Waals surface area contributed by atoms with E-state index in [2.05, 4.69) is 26.6 Å². The first-order valence-corrected chi connectivity index (χ1v) is 10.7. The van der Waals surface area contributed by atoms with Crippen molar-refractivity contribution in [1.29, 1.82) is 0 Å². The van der Waals surface area contributed by atoms with Crippen molar-refractivity contribution >= 4 is 39.2 Å². The van der Waals surface area contributed by atoms with Gasteiger partial charge in [-0.05, 0) is 42.8 Å². The van der Waals surface area contributed by atoms with Crippen LogP contribution in [-0.2, 0) is 4.79 Å². The average Bonchev–Trinajstić information content (AvgIpc) is 3.14. The number of rotatable bonds is 6. The average molecular weight is 477 g/mol. The van der Waals surface area contributed by atoms with Crippen LogP contribution in [0.2, 0.25) is 0 Å². The third kappa shape index (κ3) is 4.67. The number of aryl methyl sites for hydroxylation is 1. The van der Waals surface area contributed by atoms with Crippen LogP contribution in [0.4, 0.5) is 5.82 Å². The van der Waals surface area contributed by atoms with E-state index in [1.807, 2.05) is 60.0 Å². The number of nitrogens with zero attached hydrogens (tertiary/aromatic N) is 2. The number of hydrogen-bond acceptors (Lipinski definition) is 3. The van der Waals surface area contributed by atoms with E-state index in [-0.39, 0.29) is 24.8 Å². The molecule has 31 heavy (non-hydrogen) atoms. The number of pyridine rings is 1. The van der Waals surface area contributed by atoms with Gasteiger partial charge in [-0.15, -0.1) is 0 Å². The summed E-state index contributed by atoms with van der Waals surface area (Å²) in [5.74, 6) is 0.210. The van der Waals surface area contributed by atoms with Crippen molar-refractivity contribution in [2.45, 2.75) is 13.3 Å². The summed E-state index contributed by atoms with van der Waals surface area (Å²) in [5.41, 5.74) is 3.99. The molecule has 0 radical (unpaired) electrons. The predicted molar refractivity (Wildman–Crippen MR) is 125 cm³/mol. The molecule has 0 atom stereocenters. The van der Waals surface area contributed by atoms with E-state index in [1.165, 1.54) is 0 Å². The lowest BCUT2D eigenvalue weighted by Crippen LogP contribution is -2.27. The Bertz CT molecular complexity index is 1230. The van der Waals surface area contributed by atoms with Gasteiger partial charge in [0.25, 0.3) is 5.91 Å². The number of carbonyl (C=O) groups excluding carboxylic acids is 2. The highest BCUT2D eigenvalue weighted by molar-refractivity contribution is 9.10. The lowest BCUT2D eigenvalue weighted by Gasteiger charge is -2.09. The monoisotopic (exact) mass is 476 g/mol. The molecule has 2 N–H and O–H groups in total. The Morgan fingerprint density at radius 2 is 1.74 bits per heavy atom. The molecular formula is C24H21BrN4O2. The summed E-state index contributed by atoms with van der Waals surface area (Å²) in [4.78, 5) is 29.7. The highest BCUT2D eigenvalue weighted by Crippen LogP contribution is 2.29. The molecule has 7 heteroatoms. The summed E-state index contributed by atoms with van der Waals surface area (Å²) >= 11 is 3.35. The third-order valence-corrected chi connectivity index (χ3v) is 5.42. The van der Waals surface area contributed by atoms with Crippen molar-refractivity contribution in [3.05, 3.63) is 88.5 Å². The Hall–Kier alpha value is -3.45. The van der Waals surface area contributed by atoms with Crippen molar-refractivity contribution in [2.75, 3.05) is 11.9 Å². The maximum Gasteiger partial charge on any atom is 0.251 e. The SMILES string of the molecule is Cc1cccn2c(NC(=O)CCNC(=O)c3ccc(Br)cc3)c(-c3ccccc3)nc12. The van der Waals surface area contributed by atoms with Crippen LogP contribution < -0.4 is 10.6 Å². The van der Waals surface area contributed by atoms with Gasteiger partial charge in [-0.2, -0.15) is 0 Å². The van der Waals surface area contributed by atoms with Gasteiger partial charge in [0.1, 0.15) is 17.2 Å². The quantitative estimate of drug-likeness (QED) is 0.418. The van der Waals surface area contributed by atoms with Gasteiger partial charge < -0.3 is 10.6 Å². The number of halogens is 1. The molecule has 0 unspecified atom stereocenters. The second-order valence-corrected chi connectivity index (χ2v) is 8.04. The number of fused-ring (bicyclic) bond motifs is 1. The van der Waals surface area contributed by atoms with Gasteiger partial charge in [0.15, 0.2) is 0 Å². The number of imidazole rings is 1. The van der Waals surface area contributed by atoms with E-state index < -0.39 is 0 Å². The van der Waals surface area contributed by atoms with Gasteiger partial charge in [0, 0.05) is 34.8 Å². The molecule has 0 fully saturated rings. The minimum Gasteiger partial charge on any atom is -0.352 e. The molecule has 0 aliphatic rings. The predicted octanol–water partition coefficient (Wildman–Crippen LogP) is 4.83. The maximum atomic E-state index is 12.7. The van der Waals surface area contributed by atoms with E-state index in [0.29, 0.717) is 17.1 Å². The van der Waals surface area contributed by atoms with Gasteiger partial charge in [-0.25, -0.2) is 4.98 Å². The summed E-state index contributed by atoms with van der Waals surface area (Å²) in [6, 6.07) is 20.7. The lowest BCUT2D eigenvalue weighted by molar-refractivity contribution is -0.116. The molecule has 4 aromatic rings. The Morgan fingerprint density at radius 1 is 1.00 bits per heavy atom. The highest BCUT2D eigenvalue weighted by Gasteiger charge is 2.17. The summed E-state index contributed by atoms with van der Waals surface area (Å²) in [6.45, 7) is 2.22. The zero-order valence-corrected chi connectivity index (χ0v) is 18.5. The summed E-state index contributed by atoms with van der Waals surface area (Å²) in [6.07, 6.45) is 2.03. The number of anilines is 1. The van der Waals surface area contributed by atoms with Gasteiger partial charge in [-0.1, -0.05) is 52.3 Å². The van der Waals surface area contributed by atoms with Crippen LogP contribution in [0, 0.1) is 6.92 Å². The summed E-state index contributed by atoms with van der Waals surface area (Å²) in [7, 11) is 0. The Labute approximate surface area is 188 Å². The molecule has 0 saturated carbocycles. The standard InChI is InChI=1S/C24H21BrN4O2/c1-16-6-5-15-29-22(16)28-21(17-7-3-2-4-8-17)23(29)27-20(30)13-14-26-24(31)18-9-11-19(25)12-10-18/h2-12,15H,13-14H2,1H3,(H,26,31)(H,27,30). The Kier molecular flexibility index (Phi) is 6.13. The maximum absolute atomic E-state index is 12.7. The third-order valence-electron chi connectivity index (χ3n) is 4.89. The molecule has 0 spiro atoms. The molecule has 0 aliphatic carbocycles. The number of nitrogens with one attached hydrogen (secondary N) is 2. The van der Waals surface area contributed by atoms with Crippen LogP contribution in [0.1, 0.15) is 22.3 Å². The molecule has 6 nitrogen and oxygen atoms in total. The van der Waals surface area contributed by atoms with Crippen molar-refractivity contribution < 1.29 is 9.59 Å². The first-order valence-electron chi connectivity index (χ1n) is 9.89. The van der Waals surface area contributed by atoms with E-state index in [4.69, 9.17) is 4.98 Å². The van der Waals surface area contributed by atoms with Crippen LogP contribution in [-0.4, -0.2) is 27.7 Å². The zero-order chi connectivity index (χ0) is 21.8. The number of aromatic nitrogens is 2. The van der Waals surface area contributed by atoms with E-state index in [9.17, 15) is 9.59 Å². The molecule has 0 saturated heterocycles. The molecule has 2 aromatic heterocycles. The van der Waals surface area contributed by atoms with Crippen LogP contribution in [0.15, 0.2) is 77.4 Å². The number of benzene rings is 2. The Balaban J connectivity index is 1.49. The molecule has 0 bridgehead atoms. The molecule has 0 aliphatic heterocycles. The molecule has 2 heterocycles. The first kappa shape index (κ1) is 20.8. The van der Waals surface area contributed by atoms with E-state index in [1.54, 1.807) is 24.3 Å². The van der Waals surface area contributed by atoms with E-state index >= 15 is 0 Å². The fourth-order valence-electron chi connectivity index (χ4n) is 3.31. The minimum atomic E-state index is -0.212. The smallest absolute Gasteiger partial charge is 0.251 e. The molecule has 156 valence electrons. The summed E-state index contributed by atoms with van der Waals surface area (Å²) < 4.78 is 2.79. The largest absolute Gasteiger partial charge is 0.352 e. The van der Waals surface area contributed by atoms with Gasteiger partial charge in [-0.3, -0.25) is 14.0 Å². The zero-order valence-electron chi connectivity index (χ0n) is 16.9. The van der Waals surface area contributed by atoms with Crippen molar-refractivity contribution in [3.63, 3.8) is 0 Å². The normalized spacial score (nSPS) is 10.8. The summed E-state index contributed by atoms with van der Waals surface area (Å²) in [5, 5.41) is 5.77. The highest BCUT2D eigenvalue weighted by atomic mass is 79.9. The second kappa shape index (κ2) is 9.14. The van der Waals surface area contributed by atoms with Gasteiger partial charge in [0.2, 0.25) is 5.91 Å². The molecule has 4 rings (SSSR count). The molecular weight excluding hydrogens is 456 g/mol. The van der Waals surface area contributed by atoms with Crippen molar-refractivity contribution in [2.24, 2.45) is 0 Å². The van der Waals surface area contributed by atoms with Crippen LogP contribution in [0.5, 0.6) is 0 Å². The van der Waals surface area contributed by atoms with Crippen LogP contribution in [0.3, 0.4) is 0 Å². The van der Waals surface area contributed by atoms with Gasteiger partial charge >= 0.3 is 0 Å². The van der Waals surface area contributed by atoms with Crippen LogP contribution in [0.25, 0.3) is 16.9 Å². The minimum absolute atomic E-state index is 0.148. The van der Waals surface area contributed by atoms with Crippen molar-refractivity contribution in [1.82, 2.24) is 14.7 Å². The molecule has 2 aromatic carbocycles. The van der Waals surface area contributed by atoms with Gasteiger partial charge in [0.05, 0.1) is 0 Å². The topological polar surface area (TPSA) is 75.5 Å². The number of hydrogen-bond donors (Lipinski definition) is 2. The first-order chi connectivity index (χ1) is 15.0. The number of amides is 2. The number of carbonyl (C=O) groups is 2.